The van der Waals surface area contributed by atoms with Crippen LogP contribution in [0.25, 0.3) is 0 Å². The topological polar surface area (TPSA) is 99.1 Å². The number of furan rings is 1. The first-order valence-corrected chi connectivity index (χ1v) is 12.0. The van der Waals surface area contributed by atoms with E-state index in [1.165, 1.54) is 12.8 Å². The Kier molecular flexibility index (Phi) is 12.4. The summed E-state index contributed by atoms with van der Waals surface area (Å²) in [5.74, 6) is 1.81. The zero-order valence-electron chi connectivity index (χ0n) is 19.4. The van der Waals surface area contributed by atoms with Gasteiger partial charge in [0.1, 0.15) is 5.76 Å². The Morgan fingerprint density at radius 1 is 1.22 bits per heavy atom. The van der Waals surface area contributed by atoms with Crippen molar-refractivity contribution in [1.82, 2.24) is 20.4 Å². The van der Waals surface area contributed by atoms with Crippen LogP contribution in [0, 0.1) is 5.92 Å². The Bertz CT molecular complexity index is 670. The number of rotatable bonds is 11. The van der Waals surface area contributed by atoms with Crippen molar-refractivity contribution >= 4 is 35.8 Å². The number of aliphatic imine (C=N–C) groups is 1. The van der Waals surface area contributed by atoms with Crippen LogP contribution >= 0.6 is 24.0 Å². The molecule has 1 aromatic heterocycles. The number of unbranched alkanes of at least 4 members (excludes halogenated alkanes) is 1. The van der Waals surface area contributed by atoms with Crippen molar-refractivity contribution in [2.24, 2.45) is 16.6 Å². The molecule has 0 bridgehead atoms. The van der Waals surface area contributed by atoms with Crippen molar-refractivity contribution in [3.8, 4) is 0 Å². The zero-order valence-corrected chi connectivity index (χ0v) is 21.8. The number of piperidine rings is 1. The largest absolute Gasteiger partial charge is 0.468 e. The van der Waals surface area contributed by atoms with E-state index in [1.54, 1.807) is 6.26 Å². The fourth-order valence-electron chi connectivity index (χ4n) is 4.55. The molecule has 0 saturated carbocycles. The molecular formula is C23H41IN6O2. The molecule has 0 spiro atoms. The number of hydrogen-bond donors (Lipinski definition) is 3. The molecule has 2 saturated heterocycles. The van der Waals surface area contributed by atoms with Crippen molar-refractivity contribution in [2.45, 2.75) is 51.5 Å². The number of hydrogen-bond acceptors (Lipinski definition) is 5. The first-order chi connectivity index (χ1) is 15.2. The van der Waals surface area contributed by atoms with Gasteiger partial charge in [0.05, 0.1) is 18.8 Å². The Hall–Kier alpha value is -1.33. The van der Waals surface area contributed by atoms with Gasteiger partial charge in [-0.25, -0.2) is 0 Å². The lowest BCUT2D eigenvalue weighted by molar-refractivity contribution is -0.123. The van der Waals surface area contributed by atoms with Crippen LogP contribution in [0.1, 0.15) is 57.3 Å². The molecule has 0 aromatic carbocycles. The van der Waals surface area contributed by atoms with Crippen molar-refractivity contribution in [3.63, 3.8) is 0 Å². The number of guanidine groups is 1. The smallest absolute Gasteiger partial charge is 0.220 e. The van der Waals surface area contributed by atoms with Crippen LogP contribution in [-0.4, -0.2) is 74.0 Å². The van der Waals surface area contributed by atoms with E-state index in [0.29, 0.717) is 6.54 Å². The summed E-state index contributed by atoms with van der Waals surface area (Å²) in [7, 11) is 0. The van der Waals surface area contributed by atoms with Gasteiger partial charge in [-0.2, -0.15) is 0 Å². The van der Waals surface area contributed by atoms with Gasteiger partial charge in [0.2, 0.25) is 5.91 Å². The molecule has 0 radical (unpaired) electrons. The minimum atomic E-state index is -0.141. The van der Waals surface area contributed by atoms with Crippen molar-refractivity contribution < 1.29 is 9.21 Å². The molecule has 3 heterocycles. The van der Waals surface area contributed by atoms with Crippen LogP contribution in [0.4, 0.5) is 0 Å². The second kappa shape index (κ2) is 14.7. The molecule has 9 heteroatoms. The first-order valence-electron chi connectivity index (χ1n) is 12.0. The lowest BCUT2D eigenvalue weighted by atomic mass is 9.96. The fourth-order valence-corrected chi connectivity index (χ4v) is 4.55. The molecule has 2 aliphatic heterocycles. The summed E-state index contributed by atoms with van der Waals surface area (Å²) >= 11 is 0. The van der Waals surface area contributed by atoms with Crippen molar-refractivity contribution in [3.05, 3.63) is 24.2 Å². The Morgan fingerprint density at radius 2 is 1.97 bits per heavy atom. The van der Waals surface area contributed by atoms with Gasteiger partial charge in [0.15, 0.2) is 5.96 Å². The molecule has 2 fully saturated rings. The fraction of sp³-hybridized carbons (Fsp3) is 0.739. The van der Waals surface area contributed by atoms with Gasteiger partial charge < -0.3 is 25.7 Å². The third kappa shape index (κ3) is 8.55. The standard InChI is InChI=1S/C23H40N6O2.HI/c1-2-25-23(26-11-3-4-12-28-15-9-19(10-16-28)22(24)30)27-18-20(21-8-7-17-31-21)29-13-5-6-14-29;/h7-8,17,19-20H,2-6,9-16,18H2,1H3,(H2,24,30)(H2,25,26,27);1H. The number of likely N-dealkylation sites (tertiary alicyclic amines) is 2. The van der Waals surface area contributed by atoms with E-state index in [0.717, 1.165) is 83.2 Å². The number of nitrogens with two attached hydrogens (primary N) is 1. The molecule has 1 atom stereocenters. The molecule has 32 heavy (non-hydrogen) atoms. The highest BCUT2D eigenvalue weighted by atomic mass is 127. The average molecular weight is 561 g/mol. The highest BCUT2D eigenvalue weighted by Gasteiger charge is 2.25. The van der Waals surface area contributed by atoms with Crippen LogP contribution in [0.15, 0.2) is 27.8 Å². The molecule has 2 aliphatic rings. The van der Waals surface area contributed by atoms with E-state index in [1.807, 2.05) is 6.07 Å². The Balaban J connectivity index is 0.00000363. The number of halogens is 1. The average Bonchev–Trinajstić information content (AvgIpc) is 3.49. The first kappa shape index (κ1) is 26.9. The predicted octanol–water partition coefficient (Wildman–Crippen LogP) is 2.57. The van der Waals surface area contributed by atoms with Crippen LogP contribution in [0.2, 0.25) is 0 Å². The number of nitrogens with zero attached hydrogens (tertiary/aromatic N) is 3. The Morgan fingerprint density at radius 3 is 2.59 bits per heavy atom. The van der Waals surface area contributed by atoms with E-state index in [2.05, 4.69) is 33.4 Å². The summed E-state index contributed by atoms with van der Waals surface area (Å²) in [5.41, 5.74) is 5.42. The minimum absolute atomic E-state index is 0. The summed E-state index contributed by atoms with van der Waals surface area (Å²) in [5, 5.41) is 6.85. The summed E-state index contributed by atoms with van der Waals surface area (Å²) < 4.78 is 5.71. The number of carbonyl (C=O) groups excluding carboxylic acids is 1. The van der Waals surface area contributed by atoms with Crippen molar-refractivity contribution in [1.29, 1.82) is 0 Å². The van der Waals surface area contributed by atoms with Gasteiger partial charge in [-0.05, 0) is 90.3 Å². The molecule has 4 N–H and O–H groups in total. The number of amides is 1. The van der Waals surface area contributed by atoms with Crippen LogP contribution in [-0.2, 0) is 4.79 Å². The monoisotopic (exact) mass is 560 g/mol. The summed E-state index contributed by atoms with van der Waals surface area (Å²) in [6, 6.07) is 4.23. The quantitative estimate of drug-likeness (QED) is 0.167. The van der Waals surface area contributed by atoms with Gasteiger partial charge in [0.25, 0.3) is 0 Å². The van der Waals surface area contributed by atoms with Gasteiger partial charge >= 0.3 is 0 Å². The number of primary amides is 1. The zero-order chi connectivity index (χ0) is 21.9. The minimum Gasteiger partial charge on any atom is -0.468 e. The molecule has 182 valence electrons. The molecule has 1 amide bonds. The van der Waals surface area contributed by atoms with E-state index in [4.69, 9.17) is 15.1 Å². The predicted molar refractivity (Wildman–Crippen MR) is 139 cm³/mol. The third-order valence-corrected chi connectivity index (χ3v) is 6.40. The molecule has 0 aliphatic carbocycles. The van der Waals surface area contributed by atoms with E-state index in [-0.39, 0.29) is 41.8 Å². The maximum Gasteiger partial charge on any atom is 0.220 e. The van der Waals surface area contributed by atoms with Gasteiger partial charge in [-0.3, -0.25) is 14.7 Å². The second-order valence-electron chi connectivity index (χ2n) is 8.65. The molecular weight excluding hydrogens is 519 g/mol. The molecule has 1 aromatic rings. The number of carbonyl (C=O) groups is 1. The van der Waals surface area contributed by atoms with Gasteiger partial charge in [-0.1, -0.05) is 0 Å². The van der Waals surface area contributed by atoms with E-state index >= 15 is 0 Å². The maximum absolute atomic E-state index is 11.3. The van der Waals surface area contributed by atoms with Gasteiger partial charge in [-0.15, -0.1) is 24.0 Å². The number of nitrogens with one attached hydrogen (secondary N) is 2. The third-order valence-electron chi connectivity index (χ3n) is 6.40. The highest BCUT2D eigenvalue weighted by molar-refractivity contribution is 14.0. The van der Waals surface area contributed by atoms with Gasteiger partial charge in [0, 0.05) is 19.0 Å². The molecule has 8 nitrogen and oxygen atoms in total. The van der Waals surface area contributed by atoms with Crippen molar-refractivity contribution in [2.75, 3.05) is 52.4 Å². The highest BCUT2D eigenvalue weighted by Crippen LogP contribution is 2.25. The lowest BCUT2D eigenvalue weighted by Crippen LogP contribution is -2.40. The summed E-state index contributed by atoms with van der Waals surface area (Å²) in [6.45, 7) is 9.80. The maximum atomic E-state index is 11.3. The SMILES string of the molecule is CCNC(=NCC(c1ccco1)N1CCCC1)NCCCCN1CCC(C(N)=O)CC1.I. The van der Waals surface area contributed by atoms with Crippen LogP contribution < -0.4 is 16.4 Å². The van der Waals surface area contributed by atoms with E-state index < -0.39 is 0 Å². The molecule has 1 unspecified atom stereocenters. The normalized spacial score (nSPS) is 19.5. The second-order valence-corrected chi connectivity index (χ2v) is 8.65. The lowest BCUT2D eigenvalue weighted by Gasteiger charge is -2.30. The van der Waals surface area contributed by atoms with Crippen LogP contribution in [0.3, 0.4) is 0 Å². The van der Waals surface area contributed by atoms with E-state index in [9.17, 15) is 4.79 Å². The summed E-state index contributed by atoms with van der Waals surface area (Å²) in [6.07, 6.45) is 8.28. The summed E-state index contributed by atoms with van der Waals surface area (Å²) in [4.78, 5) is 21.1. The molecule has 3 rings (SSSR count). The Labute approximate surface area is 209 Å². The van der Waals surface area contributed by atoms with Crippen LogP contribution in [0.5, 0.6) is 0 Å².